The Morgan fingerprint density at radius 2 is 1.15 bits per heavy atom. The van der Waals surface area contributed by atoms with Crippen molar-refractivity contribution in [1.82, 2.24) is 0 Å². The first-order chi connectivity index (χ1) is 26.8. The van der Waals surface area contributed by atoms with Crippen LogP contribution >= 0.6 is 0 Å². The average Bonchev–Trinajstić information content (AvgIpc) is 3.94. The van der Waals surface area contributed by atoms with Crippen molar-refractivity contribution in [2.24, 2.45) is 0 Å². The SMILES string of the molecule is C=COCCCCOc1ccc(CCC(=O)Oc2ccc(C(C)Cc3ccc(OC(=O)CCc4ccc(OCCCOCC5(C)CO5)cc4)cc3)cc2)cc1. The average molecular weight is 751 g/mol. The molecule has 0 radical (unpaired) electrons. The van der Waals surface area contributed by atoms with Gasteiger partial charge in [0.1, 0.15) is 28.6 Å². The second kappa shape index (κ2) is 21.7. The summed E-state index contributed by atoms with van der Waals surface area (Å²) < 4.78 is 38.8. The van der Waals surface area contributed by atoms with Crippen LogP contribution in [-0.4, -0.2) is 57.2 Å². The fourth-order valence-corrected chi connectivity index (χ4v) is 5.80. The molecule has 9 nitrogen and oxygen atoms in total. The van der Waals surface area contributed by atoms with Gasteiger partial charge in [-0.1, -0.05) is 62.0 Å². The highest BCUT2D eigenvalue weighted by Gasteiger charge is 2.39. The first-order valence-corrected chi connectivity index (χ1v) is 19.2. The van der Waals surface area contributed by atoms with Gasteiger partial charge in [0.2, 0.25) is 0 Å². The minimum Gasteiger partial charge on any atom is -0.502 e. The molecule has 1 saturated heterocycles. The van der Waals surface area contributed by atoms with Crippen LogP contribution in [0.3, 0.4) is 0 Å². The van der Waals surface area contributed by atoms with E-state index in [1.807, 2.05) is 104 Å². The number of hydrogen-bond acceptors (Lipinski definition) is 9. The molecule has 2 atom stereocenters. The van der Waals surface area contributed by atoms with Crippen molar-refractivity contribution in [3.63, 3.8) is 0 Å². The quantitative estimate of drug-likeness (QED) is 0.0216. The van der Waals surface area contributed by atoms with E-state index >= 15 is 0 Å². The summed E-state index contributed by atoms with van der Waals surface area (Å²) >= 11 is 0. The number of aryl methyl sites for hydroxylation is 2. The maximum absolute atomic E-state index is 12.6. The number of benzene rings is 4. The van der Waals surface area contributed by atoms with Crippen molar-refractivity contribution >= 4 is 11.9 Å². The highest BCUT2D eigenvalue weighted by atomic mass is 16.6. The van der Waals surface area contributed by atoms with Crippen molar-refractivity contribution in [2.75, 3.05) is 39.6 Å². The Morgan fingerprint density at radius 3 is 1.67 bits per heavy atom. The molecule has 4 aromatic rings. The number of ether oxygens (including phenoxy) is 7. The number of hydrogen-bond donors (Lipinski definition) is 0. The lowest BCUT2D eigenvalue weighted by molar-refractivity contribution is -0.135. The first-order valence-electron chi connectivity index (χ1n) is 19.2. The molecule has 2 unspecified atom stereocenters. The Morgan fingerprint density at radius 1 is 0.673 bits per heavy atom. The van der Waals surface area contributed by atoms with Crippen LogP contribution < -0.4 is 18.9 Å². The summed E-state index contributed by atoms with van der Waals surface area (Å²) in [7, 11) is 0. The molecule has 55 heavy (non-hydrogen) atoms. The van der Waals surface area contributed by atoms with Gasteiger partial charge in [0.05, 0.1) is 39.3 Å². The van der Waals surface area contributed by atoms with Crippen molar-refractivity contribution in [3.8, 4) is 23.0 Å². The molecule has 0 aromatic heterocycles. The maximum Gasteiger partial charge on any atom is 0.311 e. The third-order valence-electron chi connectivity index (χ3n) is 9.25. The van der Waals surface area contributed by atoms with Gasteiger partial charge in [0.25, 0.3) is 0 Å². The summed E-state index contributed by atoms with van der Waals surface area (Å²) in [6.45, 7) is 11.6. The van der Waals surface area contributed by atoms with E-state index in [4.69, 9.17) is 33.2 Å². The van der Waals surface area contributed by atoms with Gasteiger partial charge in [0.15, 0.2) is 0 Å². The second-order valence-electron chi connectivity index (χ2n) is 14.1. The van der Waals surface area contributed by atoms with Gasteiger partial charge in [-0.3, -0.25) is 9.59 Å². The zero-order chi connectivity index (χ0) is 38.7. The molecule has 0 saturated carbocycles. The summed E-state index contributed by atoms with van der Waals surface area (Å²) in [4.78, 5) is 25.1. The zero-order valence-corrected chi connectivity index (χ0v) is 32.2. The lowest BCUT2D eigenvalue weighted by Gasteiger charge is -2.13. The van der Waals surface area contributed by atoms with Gasteiger partial charge in [0, 0.05) is 25.9 Å². The topological polar surface area (TPSA) is 102 Å². The van der Waals surface area contributed by atoms with E-state index in [-0.39, 0.29) is 36.3 Å². The number of rotatable bonds is 25. The van der Waals surface area contributed by atoms with Gasteiger partial charge >= 0.3 is 11.9 Å². The van der Waals surface area contributed by atoms with Crippen LogP contribution in [0, 0.1) is 0 Å². The molecule has 292 valence electrons. The highest BCUT2D eigenvalue weighted by Crippen LogP contribution is 2.26. The van der Waals surface area contributed by atoms with E-state index in [1.54, 1.807) is 0 Å². The standard InChI is InChI=1S/C46H54O9/c1-4-49-28-5-6-30-51-40-18-8-36(9-19-40)15-27-45(48)55-43-24-16-39(17-25-43)35(2)32-38-12-22-42(23-13-38)54-44(47)26-14-37-10-20-41(21-11-37)52-31-7-29-50-33-46(3)34-53-46/h4,8-13,16-25,35H,1,5-7,14-15,26-34H2,2-3H3. The van der Waals surface area contributed by atoms with E-state index in [2.05, 4.69) is 13.5 Å². The molecular formula is C46H54O9. The molecule has 5 rings (SSSR count). The van der Waals surface area contributed by atoms with E-state index in [0.29, 0.717) is 57.4 Å². The minimum atomic E-state index is -0.273. The molecule has 0 N–H and O–H groups in total. The van der Waals surface area contributed by atoms with E-state index in [0.717, 1.165) is 66.0 Å². The zero-order valence-electron chi connectivity index (χ0n) is 32.2. The largest absolute Gasteiger partial charge is 0.502 e. The van der Waals surface area contributed by atoms with Crippen LogP contribution in [0.5, 0.6) is 23.0 Å². The van der Waals surface area contributed by atoms with Crippen LogP contribution in [0.2, 0.25) is 0 Å². The Labute approximate surface area is 325 Å². The van der Waals surface area contributed by atoms with Gasteiger partial charge in [-0.15, -0.1) is 0 Å². The van der Waals surface area contributed by atoms with Crippen LogP contribution in [0.1, 0.15) is 74.1 Å². The Hall–Kier alpha value is -5.12. The lowest BCUT2D eigenvalue weighted by atomic mass is 9.94. The summed E-state index contributed by atoms with van der Waals surface area (Å²) in [5, 5.41) is 0. The van der Waals surface area contributed by atoms with Crippen LogP contribution in [0.25, 0.3) is 0 Å². The van der Waals surface area contributed by atoms with Crippen LogP contribution in [0.15, 0.2) is 110 Å². The molecule has 0 bridgehead atoms. The predicted octanol–water partition coefficient (Wildman–Crippen LogP) is 9.00. The highest BCUT2D eigenvalue weighted by molar-refractivity contribution is 5.73. The second-order valence-corrected chi connectivity index (χ2v) is 14.1. The molecule has 0 spiro atoms. The van der Waals surface area contributed by atoms with E-state index in [1.165, 1.54) is 6.26 Å². The summed E-state index contributed by atoms with van der Waals surface area (Å²) in [6, 6.07) is 31.0. The Kier molecular flexibility index (Phi) is 16.2. The Bertz CT molecular complexity index is 1750. The lowest BCUT2D eigenvalue weighted by Crippen LogP contribution is -2.15. The molecular weight excluding hydrogens is 696 g/mol. The van der Waals surface area contributed by atoms with Gasteiger partial charge in [-0.05, 0) is 116 Å². The monoisotopic (exact) mass is 750 g/mol. The van der Waals surface area contributed by atoms with Crippen molar-refractivity contribution in [2.45, 2.75) is 76.7 Å². The van der Waals surface area contributed by atoms with Crippen molar-refractivity contribution in [1.29, 1.82) is 0 Å². The molecule has 1 aliphatic heterocycles. The smallest absolute Gasteiger partial charge is 0.311 e. The third-order valence-corrected chi connectivity index (χ3v) is 9.25. The number of unbranched alkanes of at least 4 members (excludes halogenated alkanes) is 1. The summed E-state index contributed by atoms with van der Waals surface area (Å²) in [5.74, 6) is 2.36. The fourth-order valence-electron chi connectivity index (χ4n) is 5.80. The number of carbonyl (C=O) groups is 2. The molecule has 1 aliphatic rings. The predicted molar refractivity (Wildman–Crippen MR) is 212 cm³/mol. The van der Waals surface area contributed by atoms with Gasteiger partial charge in [-0.2, -0.15) is 0 Å². The number of esters is 2. The van der Waals surface area contributed by atoms with E-state index in [9.17, 15) is 9.59 Å². The Balaban J connectivity index is 0.943. The maximum atomic E-state index is 12.6. The molecule has 1 fully saturated rings. The number of carbonyl (C=O) groups excluding carboxylic acids is 2. The summed E-state index contributed by atoms with van der Waals surface area (Å²) in [6.07, 6.45) is 6.62. The fraction of sp³-hybridized carbons (Fsp3) is 0.391. The van der Waals surface area contributed by atoms with Crippen LogP contribution in [-0.2, 0) is 43.1 Å². The number of epoxide rings is 1. The van der Waals surface area contributed by atoms with Crippen LogP contribution in [0.4, 0.5) is 0 Å². The minimum absolute atomic E-state index is 0.0812. The normalized spacial score (nSPS) is 15.1. The molecule has 1 heterocycles. The first kappa shape index (κ1) is 41.1. The van der Waals surface area contributed by atoms with Crippen molar-refractivity contribution < 1.29 is 42.7 Å². The third kappa shape index (κ3) is 15.3. The van der Waals surface area contributed by atoms with Gasteiger partial charge < -0.3 is 33.2 Å². The van der Waals surface area contributed by atoms with Gasteiger partial charge in [-0.25, -0.2) is 0 Å². The molecule has 0 amide bonds. The van der Waals surface area contributed by atoms with E-state index < -0.39 is 0 Å². The molecule has 9 heteroatoms. The summed E-state index contributed by atoms with van der Waals surface area (Å²) in [5.41, 5.74) is 4.28. The van der Waals surface area contributed by atoms with Crippen molar-refractivity contribution in [3.05, 3.63) is 132 Å². The molecule has 0 aliphatic carbocycles. The molecule has 4 aromatic carbocycles.